The lowest BCUT2D eigenvalue weighted by Gasteiger charge is -2.01. The smallest absolute Gasteiger partial charge is 0.360 e. The molecule has 0 radical (unpaired) electrons. The summed E-state index contributed by atoms with van der Waals surface area (Å²) < 4.78 is 8.01. The SMILES string of the molecule is COC(=O)c1cn(Cc2cn3cc(C4CC4)cc(C#N)c3n2)nn1. The molecule has 1 aliphatic rings. The average molecular weight is 322 g/mol. The van der Waals surface area contributed by atoms with E-state index in [1.165, 1.54) is 36.4 Å². The van der Waals surface area contributed by atoms with Gasteiger partial charge in [-0.25, -0.2) is 14.5 Å². The first-order valence-electron chi connectivity index (χ1n) is 7.58. The third kappa shape index (κ3) is 2.50. The highest BCUT2D eigenvalue weighted by atomic mass is 16.5. The topological polar surface area (TPSA) is 98.1 Å². The first-order chi connectivity index (χ1) is 11.7. The molecule has 1 fully saturated rings. The molecule has 1 aliphatic carbocycles. The number of imidazole rings is 1. The second-order valence-electron chi connectivity index (χ2n) is 5.83. The molecular formula is C16H14N6O2. The second kappa shape index (κ2) is 5.45. The number of carbonyl (C=O) groups is 1. The summed E-state index contributed by atoms with van der Waals surface area (Å²) >= 11 is 0. The number of pyridine rings is 1. The van der Waals surface area contributed by atoms with Crippen molar-refractivity contribution in [1.82, 2.24) is 24.4 Å². The number of hydrogen-bond acceptors (Lipinski definition) is 6. The van der Waals surface area contributed by atoms with Gasteiger partial charge in [-0.2, -0.15) is 5.26 Å². The molecule has 0 aliphatic heterocycles. The fraction of sp³-hybridized carbons (Fsp3) is 0.312. The Morgan fingerprint density at radius 2 is 2.25 bits per heavy atom. The summed E-state index contributed by atoms with van der Waals surface area (Å²) in [6, 6.07) is 4.14. The number of ether oxygens (including phenoxy) is 1. The number of methoxy groups -OCH3 is 1. The Bertz CT molecular complexity index is 976. The molecule has 0 spiro atoms. The van der Waals surface area contributed by atoms with E-state index in [9.17, 15) is 10.1 Å². The van der Waals surface area contributed by atoms with Crippen molar-refractivity contribution >= 4 is 11.6 Å². The van der Waals surface area contributed by atoms with Gasteiger partial charge in [0.1, 0.15) is 6.07 Å². The van der Waals surface area contributed by atoms with Crippen LogP contribution in [0.5, 0.6) is 0 Å². The summed E-state index contributed by atoms with van der Waals surface area (Å²) in [5.74, 6) is 0.0300. The van der Waals surface area contributed by atoms with Crippen molar-refractivity contribution in [3.8, 4) is 6.07 Å². The van der Waals surface area contributed by atoms with Crippen molar-refractivity contribution in [2.45, 2.75) is 25.3 Å². The number of nitrogens with zero attached hydrogens (tertiary/aromatic N) is 6. The summed E-state index contributed by atoms with van der Waals surface area (Å²) in [5, 5.41) is 17.0. The molecule has 0 saturated heterocycles. The predicted octanol–water partition coefficient (Wildman–Crippen LogP) is 1.51. The summed E-state index contributed by atoms with van der Waals surface area (Å²) in [4.78, 5) is 15.9. The molecule has 0 unspecified atom stereocenters. The maximum atomic E-state index is 11.4. The third-order valence-electron chi connectivity index (χ3n) is 4.05. The summed E-state index contributed by atoms with van der Waals surface area (Å²) in [5.41, 5.74) is 3.26. The molecule has 0 amide bonds. The monoisotopic (exact) mass is 322 g/mol. The van der Waals surface area contributed by atoms with Crippen LogP contribution in [0, 0.1) is 11.3 Å². The average Bonchev–Trinajstić information content (AvgIpc) is 3.21. The van der Waals surface area contributed by atoms with Crippen molar-refractivity contribution in [1.29, 1.82) is 5.26 Å². The maximum absolute atomic E-state index is 11.4. The van der Waals surface area contributed by atoms with Gasteiger partial charge in [-0.3, -0.25) is 0 Å². The molecule has 3 aromatic rings. The molecule has 8 nitrogen and oxygen atoms in total. The molecular weight excluding hydrogens is 308 g/mol. The molecule has 0 aromatic carbocycles. The number of fused-ring (bicyclic) bond motifs is 1. The number of nitriles is 1. The van der Waals surface area contributed by atoms with E-state index in [4.69, 9.17) is 0 Å². The zero-order valence-corrected chi connectivity index (χ0v) is 13.0. The van der Waals surface area contributed by atoms with Gasteiger partial charge < -0.3 is 9.14 Å². The lowest BCUT2D eigenvalue weighted by molar-refractivity contribution is 0.0594. The van der Waals surface area contributed by atoms with E-state index in [0.717, 1.165) is 5.69 Å². The van der Waals surface area contributed by atoms with Gasteiger partial charge in [0.2, 0.25) is 0 Å². The van der Waals surface area contributed by atoms with Crippen LogP contribution < -0.4 is 0 Å². The van der Waals surface area contributed by atoms with Gasteiger partial charge in [-0.15, -0.1) is 5.10 Å². The van der Waals surface area contributed by atoms with Crippen molar-refractivity contribution in [2.75, 3.05) is 7.11 Å². The van der Waals surface area contributed by atoms with E-state index < -0.39 is 5.97 Å². The van der Waals surface area contributed by atoms with Gasteiger partial charge in [-0.05, 0) is 30.4 Å². The quantitative estimate of drug-likeness (QED) is 0.675. The number of aromatic nitrogens is 5. The first-order valence-corrected chi connectivity index (χ1v) is 7.58. The van der Waals surface area contributed by atoms with Crippen molar-refractivity contribution < 1.29 is 9.53 Å². The van der Waals surface area contributed by atoms with Gasteiger partial charge in [-0.1, -0.05) is 5.21 Å². The van der Waals surface area contributed by atoms with Crippen LogP contribution in [0.4, 0.5) is 0 Å². The number of esters is 1. The Kier molecular flexibility index (Phi) is 3.27. The third-order valence-corrected chi connectivity index (χ3v) is 4.05. The van der Waals surface area contributed by atoms with Crippen LogP contribution in [0.2, 0.25) is 0 Å². The van der Waals surface area contributed by atoms with Crippen LogP contribution in [0.25, 0.3) is 5.65 Å². The van der Waals surface area contributed by atoms with Gasteiger partial charge in [0.15, 0.2) is 11.3 Å². The van der Waals surface area contributed by atoms with Gasteiger partial charge in [0.25, 0.3) is 0 Å². The normalized spacial score (nSPS) is 13.8. The molecule has 0 atom stereocenters. The van der Waals surface area contributed by atoms with E-state index in [1.54, 1.807) is 0 Å². The Morgan fingerprint density at radius 1 is 1.42 bits per heavy atom. The fourth-order valence-corrected chi connectivity index (χ4v) is 2.71. The van der Waals surface area contributed by atoms with Crippen LogP contribution >= 0.6 is 0 Å². The molecule has 8 heteroatoms. The molecule has 1 saturated carbocycles. The Hall–Kier alpha value is -3.21. The van der Waals surface area contributed by atoms with E-state index in [2.05, 4.69) is 26.1 Å². The number of carbonyl (C=O) groups excluding carboxylic acids is 1. The fourth-order valence-electron chi connectivity index (χ4n) is 2.71. The Morgan fingerprint density at radius 3 is 2.96 bits per heavy atom. The summed E-state index contributed by atoms with van der Waals surface area (Å²) in [6.07, 6.45) is 7.77. The van der Waals surface area contributed by atoms with Crippen LogP contribution in [-0.2, 0) is 11.3 Å². The van der Waals surface area contributed by atoms with E-state index in [-0.39, 0.29) is 5.69 Å². The number of rotatable bonds is 4. The van der Waals surface area contributed by atoms with Crippen LogP contribution in [0.15, 0.2) is 24.7 Å². The van der Waals surface area contributed by atoms with E-state index in [1.807, 2.05) is 22.9 Å². The Balaban J connectivity index is 1.66. The zero-order valence-electron chi connectivity index (χ0n) is 13.0. The zero-order chi connectivity index (χ0) is 16.7. The minimum absolute atomic E-state index is 0.148. The van der Waals surface area contributed by atoms with E-state index >= 15 is 0 Å². The minimum atomic E-state index is -0.530. The standard InChI is InChI=1S/C16H14N6O2/c1-24-16(23)14-9-22(20-19-14)8-13-7-21-6-12(10-2-3-10)4-11(5-17)15(21)18-13/h4,6-7,9-10H,2-3,8H2,1H3. The molecule has 3 aromatic heterocycles. The molecule has 120 valence electrons. The predicted molar refractivity (Wildman–Crippen MR) is 82.3 cm³/mol. The Labute approximate surface area is 137 Å². The first kappa shape index (κ1) is 14.4. The molecule has 0 bridgehead atoms. The highest BCUT2D eigenvalue weighted by molar-refractivity contribution is 5.86. The lowest BCUT2D eigenvalue weighted by atomic mass is 10.1. The molecule has 0 N–H and O–H groups in total. The van der Waals surface area contributed by atoms with Gasteiger partial charge >= 0.3 is 5.97 Å². The number of hydrogen-bond donors (Lipinski definition) is 0. The lowest BCUT2D eigenvalue weighted by Crippen LogP contribution is -2.02. The molecule has 3 heterocycles. The minimum Gasteiger partial charge on any atom is -0.464 e. The van der Waals surface area contributed by atoms with Crippen LogP contribution in [-0.4, -0.2) is 37.5 Å². The van der Waals surface area contributed by atoms with Crippen LogP contribution in [0.1, 0.15) is 46.1 Å². The van der Waals surface area contributed by atoms with E-state index in [0.29, 0.717) is 23.7 Å². The summed E-state index contributed by atoms with van der Waals surface area (Å²) in [7, 11) is 1.30. The van der Waals surface area contributed by atoms with Crippen LogP contribution in [0.3, 0.4) is 0 Å². The highest BCUT2D eigenvalue weighted by Crippen LogP contribution is 2.40. The van der Waals surface area contributed by atoms with Crippen molar-refractivity contribution in [3.63, 3.8) is 0 Å². The van der Waals surface area contributed by atoms with Crippen molar-refractivity contribution in [3.05, 3.63) is 47.2 Å². The largest absolute Gasteiger partial charge is 0.464 e. The maximum Gasteiger partial charge on any atom is 0.360 e. The van der Waals surface area contributed by atoms with Gasteiger partial charge in [0, 0.05) is 12.4 Å². The molecule has 4 rings (SSSR count). The van der Waals surface area contributed by atoms with Gasteiger partial charge in [0.05, 0.1) is 31.1 Å². The second-order valence-corrected chi connectivity index (χ2v) is 5.83. The highest BCUT2D eigenvalue weighted by Gasteiger charge is 2.25. The van der Waals surface area contributed by atoms with Crippen molar-refractivity contribution in [2.24, 2.45) is 0 Å². The molecule has 24 heavy (non-hydrogen) atoms. The summed E-state index contributed by atoms with van der Waals surface area (Å²) in [6.45, 7) is 0.356.